The van der Waals surface area contributed by atoms with Crippen molar-refractivity contribution >= 4 is 46.4 Å². The second-order valence-electron chi connectivity index (χ2n) is 3.87. The van der Waals surface area contributed by atoms with Crippen molar-refractivity contribution in [1.29, 1.82) is 0 Å². The van der Waals surface area contributed by atoms with Crippen LogP contribution in [0.5, 0.6) is 0 Å². The molecule has 0 fully saturated rings. The fourth-order valence-electron chi connectivity index (χ4n) is 1.64. The first-order chi connectivity index (χ1) is 7.24. The number of hydrogen-bond donors (Lipinski definition) is 0. The monoisotopic (exact) mass is 400 g/mol. The maximum atomic E-state index is 3.66. The molecule has 86 valence electrons. The molecule has 1 heterocycles. The van der Waals surface area contributed by atoms with Gasteiger partial charge in [0.25, 0.3) is 0 Å². The number of halogens is 2. The first-order valence-corrected chi connectivity index (χ1v) is 8.97. The molecule has 0 saturated heterocycles. The van der Waals surface area contributed by atoms with E-state index in [0.29, 0.717) is 14.5 Å². The molecule has 0 unspecified atom stereocenters. The Morgan fingerprint density at radius 1 is 1.07 bits per heavy atom. The van der Waals surface area contributed by atoms with Gasteiger partial charge in [-0.1, -0.05) is 0 Å². The Kier molecular flexibility index (Phi) is 7.58. The zero-order valence-corrected chi connectivity index (χ0v) is 14.1. The molecule has 3 heteroatoms. The van der Waals surface area contributed by atoms with E-state index in [1.807, 2.05) is 0 Å². The summed E-state index contributed by atoms with van der Waals surface area (Å²) in [5, 5.41) is 0. The van der Waals surface area contributed by atoms with Crippen LogP contribution >= 0.6 is 31.9 Å². The molecule has 1 aromatic rings. The third-order valence-electron chi connectivity index (χ3n) is 2.53. The SMILES string of the molecule is CCCCCCCCc1cc(Br)[se]c1Br. The van der Waals surface area contributed by atoms with Gasteiger partial charge in [-0.3, -0.25) is 0 Å². The summed E-state index contributed by atoms with van der Waals surface area (Å²) >= 11 is 7.77. The summed E-state index contributed by atoms with van der Waals surface area (Å²) in [7, 11) is 0. The Bertz CT molecular complexity index is 281. The summed E-state index contributed by atoms with van der Waals surface area (Å²) < 4.78 is 2.82. The molecule has 0 aliphatic carbocycles. The Balaban J connectivity index is 2.12. The average molecular weight is 401 g/mol. The first-order valence-electron chi connectivity index (χ1n) is 5.67. The average Bonchev–Trinajstić information content (AvgIpc) is 2.51. The standard InChI is InChI=1S/C12H18Br2Se/c1-2-3-4-5-6-7-8-10-9-11(13)15-12(10)14/h9H,2-8H2,1H3. The van der Waals surface area contributed by atoms with Gasteiger partial charge in [-0.05, 0) is 0 Å². The summed E-state index contributed by atoms with van der Waals surface area (Å²) in [6, 6.07) is 2.30. The molecule has 0 aliphatic heterocycles. The predicted molar refractivity (Wildman–Crippen MR) is 75.9 cm³/mol. The van der Waals surface area contributed by atoms with Crippen LogP contribution in [0.2, 0.25) is 0 Å². The van der Waals surface area contributed by atoms with Crippen LogP contribution in [0.4, 0.5) is 0 Å². The van der Waals surface area contributed by atoms with Crippen molar-refractivity contribution in [1.82, 2.24) is 0 Å². The minimum atomic E-state index is 0.525. The van der Waals surface area contributed by atoms with Crippen LogP contribution in [0, 0.1) is 0 Å². The van der Waals surface area contributed by atoms with Crippen molar-refractivity contribution in [2.45, 2.75) is 51.9 Å². The van der Waals surface area contributed by atoms with E-state index in [0.717, 1.165) is 0 Å². The summed E-state index contributed by atoms with van der Waals surface area (Å²) in [6.07, 6.45) is 9.57. The second kappa shape index (κ2) is 8.11. The molecule has 0 atom stereocenters. The molecule has 1 aromatic heterocycles. The van der Waals surface area contributed by atoms with Gasteiger partial charge in [0.1, 0.15) is 0 Å². The summed E-state index contributed by atoms with van der Waals surface area (Å²) in [6.45, 7) is 2.27. The van der Waals surface area contributed by atoms with Crippen LogP contribution in [0.1, 0.15) is 51.0 Å². The van der Waals surface area contributed by atoms with Gasteiger partial charge >= 0.3 is 117 Å². The Morgan fingerprint density at radius 2 is 1.73 bits per heavy atom. The summed E-state index contributed by atoms with van der Waals surface area (Å²) in [4.78, 5) is 0. The van der Waals surface area contributed by atoms with Crippen molar-refractivity contribution in [3.63, 3.8) is 0 Å². The van der Waals surface area contributed by atoms with Crippen LogP contribution in [-0.2, 0) is 6.42 Å². The normalized spacial score (nSPS) is 10.9. The number of aryl methyl sites for hydroxylation is 1. The van der Waals surface area contributed by atoms with E-state index in [1.54, 1.807) is 0 Å². The van der Waals surface area contributed by atoms with Crippen LogP contribution in [0.3, 0.4) is 0 Å². The van der Waals surface area contributed by atoms with Crippen molar-refractivity contribution < 1.29 is 0 Å². The van der Waals surface area contributed by atoms with E-state index in [1.165, 1.54) is 57.2 Å². The quantitative estimate of drug-likeness (QED) is 0.437. The molecular weight excluding hydrogens is 383 g/mol. The summed E-state index contributed by atoms with van der Waals surface area (Å²) in [5.74, 6) is 0. The Hall–Kier alpha value is 0.959. The van der Waals surface area contributed by atoms with E-state index in [-0.39, 0.29) is 0 Å². The van der Waals surface area contributed by atoms with Gasteiger partial charge in [-0.15, -0.1) is 0 Å². The third kappa shape index (κ3) is 5.72. The third-order valence-corrected chi connectivity index (χ3v) is 6.53. The molecule has 0 N–H and O–H groups in total. The van der Waals surface area contributed by atoms with Gasteiger partial charge < -0.3 is 0 Å². The zero-order chi connectivity index (χ0) is 11.1. The van der Waals surface area contributed by atoms with Gasteiger partial charge in [0.05, 0.1) is 0 Å². The van der Waals surface area contributed by atoms with Crippen LogP contribution in [0.15, 0.2) is 12.8 Å². The van der Waals surface area contributed by atoms with Crippen LogP contribution < -0.4 is 0 Å². The van der Waals surface area contributed by atoms with Crippen LogP contribution in [0.25, 0.3) is 0 Å². The van der Waals surface area contributed by atoms with E-state index in [4.69, 9.17) is 0 Å². The molecule has 0 spiro atoms. The van der Waals surface area contributed by atoms with E-state index < -0.39 is 0 Å². The van der Waals surface area contributed by atoms with E-state index >= 15 is 0 Å². The van der Waals surface area contributed by atoms with Gasteiger partial charge in [0.15, 0.2) is 0 Å². The zero-order valence-electron chi connectivity index (χ0n) is 9.19. The van der Waals surface area contributed by atoms with Crippen molar-refractivity contribution in [2.75, 3.05) is 0 Å². The second-order valence-corrected chi connectivity index (χ2v) is 10.1. The molecule has 0 aliphatic rings. The van der Waals surface area contributed by atoms with Gasteiger partial charge in [0, 0.05) is 0 Å². The van der Waals surface area contributed by atoms with Crippen molar-refractivity contribution in [2.24, 2.45) is 0 Å². The van der Waals surface area contributed by atoms with Gasteiger partial charge in [-0.2, -0.15) is 0 Å². The topological polar surface area (TPSA) is 0 Å². The van der Waals surface area contributed by atoms with Crippen molar-refractivity contribution in [3.05, 3.63) is 18.3 Å². The Morgan fingerprint density at radius 3 is 2.33 bits per heavy atom. The van der Waals surface area contributed by atoms with Crippen LogP contribution in [-0.4, -0.2) is 14.5 Å². The van der Waals surface area contributed by atoms with Gasteiger partial charge in [-0.25, -0.2) is 0 Å². The van der Waals surface area contributed by atoms with Crippen molar-refractivity contribution in [3.8, 4) is 0 Å². The van der Waals surface area contributed by atoms with E-state index in [9.17, 15) is 0 Å². The minimum absolute atomic E-state index is 0.525. The molecule has 0 radical (unpaired) electrons. The van der Waals surface area contributed by atoms with Gasteiger partial charge in [0.2, 0.25) is 0 Å². The Labute approximate surface area is 116 Å². The number of rotatable bonds is 7. The molecule has 0 aromatic carbocycles. The van der Waals surface area contributed by atoms with E-state index in [2.05, 4.69) is 44.8 Å². The molecule has 0 bridgehead atoms. The molecule has 0 amide bonds. The first kappa shape index (κ1) is 14.0. The molecule has 1 rings (SSSR count). The molecule has 0 nitrogen and oxygen atoms in total. The maximum absolute atomic E-state index is 3.66. The number of unbranched alkanes of at least 4 members (excludes halogenated alkanes) is 5. The fraction of sp³-hybridized carbons (Fsp3) is 0.667. The fourth-order valence-corrected chi connectivity index (χ4v) is 6.50. The predicted octanol–water partition coefficient (Wildman–Crippen LogP) is 5.17. The molecule has 15 heavy (non-hydrogen) atoms. The molecular formula is C12H18Br2Se. The molecule has 0 saturated carbocycles. The summed E-state index contributed by atoms with van der Waals surface area (Å²) in [5.41, 5.74) is 1.53. The number of hydrogen-bond acceptors (Lipinski definition) is 0.